The van der Waals surface area contributed by atoms with Gasteiger partial charge in [-0.15, -0.1) is 0 Å². The Morgan fingerprint density at radius 1 is 1.30 bits per heavy atom. The lowest BCUT2D eigenvalue weighted by Crippen LogP contribution is -2.63. The van der Waals surface area contributed by atoms with Crippen molar-refractivity contribution >= 4 is 0 Å². The Hall–Kier alpha value is -1.32. The summed E-state index contributed by atoms with van der Waals surface area (Å²) in [6.07, 6.45) is 7.56. The third-order valence-electron chi connectivity index (χ3n) is 6.39. The number of rotatable bonds is 2. The average Bonchev–Trinajstić information content (AvgIpc) is 2.48. The van der Waals surface area contributed by atoms with E-state index in [-0.39, 0.29) is 5.41 Å². The highest BCUT2D eigenvalue weighted by Gasteiger charge is 2.59. The van der Waals surface area contributed by atoms with E-state index in [4.69, 9.17) is 0 Å². The average molecular weight is 316 g/mol. The Morgan fingerprint density at radius 2 is 2.04 bits per heavy atom. The highest BCUT2D eigenvalue weighted by atomic mass is 16.4. The van der Waals surface area contributed by atoms with Gasteiger partial charge < -0.3 is 15.3 Å². The Bertz CT molecular complexity index is 634. The summed E-state index contributed by atoms with van der Waals surface area (Å²) in [5.41, 5.74) is -0.0244. The minimum absolute atomic E-state index is 0.126. The van der Waals surface area contributed by atoms with Crippen molar-refractivity contribution in [2.24, 2.45) is 5.92 Å². The molecule has 0 amide bonds. The number of fused-ring (bicyclic) bond motifs is 3. The molecule has 2 aliphatic carbocycles. The smallest absolute Gasteiger partial charge is 0.115 e. The summed E-state index contributed by atoms with van der Waals surface area (Å²) in [6, 6.07) is 5.64. The SMILES string of the molecule is C/C=C\[C@]1(O)C[C@H]2CCc3cc(O)ccc3[C@]2(CC)C[C@@]1(C)O. The normalized spacial score (nSPS) is 40.0. The number of phenolic OH excluding ortho intramolecular Hbond substituents is 1. The summed E-state index contributed by atoms with van der Waals surface area (Å²) < 4.78 is 0. The van der Waals surface area contributed by atoms with Gasteiger partial charge in [-0.1, -0.05) is 25.1 Å². The van der Waals surface area contributed by atoms with Gasteiger partial charge in [0.15, 0.2) is 0 Å². The zero-order chi connectivity index (χ0) is 16.9. The van der Waals surface area contributed by atoms with Crippen molar-refractivity contribution < 1.29 is 15.3 Å². The third-order valence-corrected chi connectivity index (χ3v) is 6.39. The molecule has 2 aliphatic rings. The first kappa shape index (κ1) is 16.5. The number of benzene rings is 1. The van der Waals surface area contributed by atoms with Crippen molar-refractivity contribution in [3.05, 3.63) is 41.5 Å². The monoisotopic (exact) mass is 316 g/mol. The predicted octanol–water partition coefficient (Wildman–Crippen LogP) is 3.45. The number of phenols is 1. The van der Waals surface area contributed by atoms with Gasteiger partial charge in [0.2, 0.25) is 0 Å². The molecule has 3 nitrogen and oxygen atoms in total. The Balaban J connectivity index is 2.12. The fraction of sp³-hybridized carbons (Fsp3) is 0.600. The van der Waals surface area contributed by atoms with Crippen LogP contribution in [0.4, 0.5) is 0 Å². The molecule has 0 bridgehead atoms. The van der Waals surface area contributed by atoms with E-state index in [1.807, 2.05) is 25.1 Å². The first-order valence-corrected chi connectivity index (χ1v) is 8.69. The van der Waals surface area contributed by atoms with Crippen LogP contribution in [0.25, 0.3) is 0 Å². The Morgan fingerprint density at radius 3 is 2.70 bits per heavy atom. The van der Waals surface area contributed by atoms with E-state index in [9.17, 15) is 15.3 Å². The number of aromatic hydroxyl groups is 1. The quantitative estimate of drug-likeness (QED) is 0.732. The standard InChI is InChI=1S/C20H28O3/c1-4-10-20(23)12-15-7-6-14-11-16(21)8-9-17(14)19(15,5-2)13-18(20,3)22/h4,8-11,15,21-23H,5-7,12-13H2,1-3H3/b10-4-/t15-,18-,19-,20+/m1/s1. The number of allylic oxidation sites excluding steroid dienone is 1. The number of hydrogen-bond acceptors (Lipinski definition) is 3. The largest absolute Gasteiger partial charge is 0.508 e. The predicted molar refractivity (Wildman–Crippen MR) is 91.5 cm³/mol. The first-order valence-electron chi connectivity index (χ1n) is 8.69. The number of aryl methyl sites for hydroxylation is 1. The molecule has 3 rings (SSSR count). The molecule has 0 aliphatic heterocycles. The molecule has 0 saturated heterocycles. The van der Waals surface area contributed by atoms with Crippen molar-refractivity contribution in [3.8, 4) is 5.75 Å². The van der Waals surface area contributed by atoms with Gasteiger partial charge >= 0.3 is 0 Å². The second-order valence-electron chi connectivity index (χ2n) is 7.67. The Kier molecular flexibility index (Phi) is 3.85. The van der Waals surface area contributed by atoms with Gasteiger partial charge in [0.25, 0.3) is 0 Å². The molecule has 4 atom stereocenters. The lowest BCUT2D eigenvalue weighted by molar-refractivity contribution is -0.173. The minimum atomic E-state index is -1.17. The van der Waals surface area contributed by atoms with Crippen molar-refractivity contribution in [2.75, 3.05) is 0 Å². The van der Waals surface area contributed by atoms with E-state index < -0.39 is 11.2 Å². The van der Waals surface area contributed by atoms with Crippen molar-refractivity contribution in [2.45, 2.75) is 69.5 Å². The maximum absolute atomic E-state index is 11.1. The molecule has 0 unspecified atom stereocenters. The van der Waals surface area contributed by atoms with E-state index in [1.54, 1.807) is 19.1 Å². The molecule has 1 aromatic carbocycles. The van der Waals surface area contributed by atoms with E-state index in [1.165, 1.54) is 11.1 Å². The van der Waals surface area contributed by atoms with Crippen molar-refractivity contribution in [1.82, 2.24) is 0 Å². The van der Waals surface area contributed by atoms with Crippen LogP contribution >= 0.6 is 0 Å². The lowest BCUT2D eigenvalue weighted by Gasteiger charge is -2.58. The van der Waals surface area contributed by atoms with Crippen LogP contribution in [-0.2, 0) is 11.8 Å². The molecule has 1 saturated carbocycles. The van der Waals surface area contributed by atoms with E-state index in [0.29, 0.717) is 24.5 Å². The van der Waals surface area contributed by atoms with Gasteiger partial charge in [0.05, 0.1) is 5.60 Å². The highest BCUT2D eigenvalue weighted by Crippen LogP contribution is 2.57. The molecule has 0 aromatic heterocycles. The second kappa shape index (κ2) is 5.35. The van der Waals surface area contributed by atoms with Gasteiger partial charge in [-0.05, 0) is 75.1 Å². The van der Waals surface area contributed by atoms with Crippen LogP contribution in [0, 0.1) is 5.92 Å². The molecule has 0 heterocycles. The van der Waals surface area contributed by atoms with Crippen LogP contribution in [0.3, 0.4) is 0 Å². The van der Waals surface area contributed by atoms with Crippen LogP contribution in [0.5, 0.6) is 5.75 Å². The van der Waals surface area contributed by atoms with E-state index in [2.05, 4.69) is 6.92 Å². The van der Waals surface area contributed by atoms with Gasteiger partial charge in [-0.3, -0.25) is 0 Å². The van der Waals surface area contributed by atoms with Gasteiger partial charge in [0, 0.05) is 5.41 Å². The maximum Gasteiger partial charge on any atom is 0.115 e. The van der Waals surface area contributed by atoms with Crippen LogP contribution < -0.4 is 0 Å². The summed E-state index contributed by atoms with van der Waals surface area (Å²) in [6.45, 7) is 5.81. The van der Waals surface area contributed by atoms with Crippen LogP contribution in [0.1, 0.15) is 57.6 Å². The highest BCUT2D eigenvalue weighted by molar-refractivity contribution is 5.44. The van der Waals surface area contributed by atoms with Crippen LogP contribution in [0.2, 0.25) is 0 Å². The minimum Gasteiger partial charge on any atom is -0.508 e. The van der Waals surface area contributed by atoms with Gasteiger partial charge in [-0.25, -0.2) is 0 Å². The summed E-state index contributed by atoms with van der Waals surface area (Å²) in [7, 11) is 0. The zero-order valence-corrected chi connectivity index (χ0v) is 14.3. The molecular weight excluding hydrogens is 288 g/mol. The van der Waals surface area contributed by atoms with E-state index >= 15 is 0 Å². The molecule has 1 fully saturated rings. The molecule has 0 spiro atoms. The lowest BCUT2D eigenvalue weighted by atomic mass is 9.49. The second-order valence-corrected chi connectivity index (χ2v) is 7.67. The van der Waals surface area contributed by atoms with Crippen LogP contribution in [-0.4, -0.2) is 26.5 Å². The summed E-state index contributed by atoms with van der Waals surface area (Å²) >= 11 is 0. The molecule has 126 valence electrons. The molecule has 23 heavy (non-hydrogen) atoms. The third kappa shape index (κ3) is 2.33. The summed E-state index contributed by atoms with van der Waals surface area (Å²) in [5, 5.41) is 32.0. The first-order chi connectivity index (χ1) is 10.8. The molecule has 3 N–H and O–H groups in total. The number of aliphatic hydroxyl groups is 2. The molecule has 1 aromatic rings. The fourth-order valence-electron chi connectivity index (χ4n) is 5.13. The molecule has 3 heteroatoms. The summed E-state index contributed by atoms with van der Waals surface area (Å²) in [5.74, 6) is 0.646. The molecular formula is C20H28O3. The summed E-state index contributed by atoms with van der Waals surface area (Å²) in [4.78, 5) is 0. The van der Waals surface area contributed by atoms with Crippen molar-refractivity contribution in [3.63, 3.8) is 0 Å². The van der Waals surface area contributed by atoms with Gasteiger partial charge in [0.1, 0.15) is 11.4 Å². The van der Waals surface area contributed by atoms with Crippen LogP contribution in [0.15, 0.2) is 30.4 Å². The topological polar surface area (TPSA) is 60.7 Å². The van der Waals surface area contributed by atoms with Gasteiger partial charge in [-0.2, -0.15) is 0 Å². The van der Waals surface area contributed by atoms with Crippen molar-refractivity contribution in [1.29, 1.82) is 0 Å². The zero-order valence-electron chi connectivity index (χ0n) is 14.3. The van der Waals surface area contributed by atoms with E-state index in [0.717, 1.165) is 19.3 Å². The molecule has 0 radical (unpaired) electrons. The maximum atomic E-state index is 11.1. The Labute approximate surface area is 138 Å². The number of hydrogen-bond donors (Lipinski definition) is 3. The fourth-order valence-corrected chi connectivity index (χ4v) is 5.13.